The predicted octanol–water partition coefficient (Wildman–Crippen LogP) is 3.94. The number of hydrogen-bond acceptors (Lipinski definition) is 5. The summed E-state index contributed by atoms with van der Waals surface area (Å²) in [6, 6.07) is 11.7. The molecule has 0 heterocycles. The average Bonchev–Trinajstić information content (AvgIpc) is 2.71. The van der Waals surface area contributed by atoms with Crippen LogP contribution in [-0.4, -0.2) is 45.7 Å². The highest BCUT2D eigenvalue weighted by Crippen LogP contribution is 2.29. The van der Waals surface area contributed by atoms with Gasteiger partial charge in [-0.1, -0.05) is 19.9 Å². The largest absolute Gasteiger partial charge is 0.493 e. The highest BCUT2D eigenvalue weighted by Gasteiger charge is 2.17. The van der Waals surface area contributed by atoms with E-state index in [9.17, 15) is 13.2 Å². The summed E-state index contributed by atoms with van der Waals surface area (Å²) in [5.74, 6) is 1.18. The van der Waals surface area contributed by atoms with Crippen molar-refractivity contribution in [3.63, 3.8) is 0 Å². The zero-order chi connectivity index (χ0) is 21.4. The summed E-state index contributed by atoms with van der Waals surface area (Å²) in [7, 11) is -1.70. The van der Waals surface area contributed by atoms with Gasteiger partial charge in [-0.25, -0.2) is 8.42 Å². The fourth-order valence-electron chi connectivity index (χ4n) is 2.91. The van der Waals surface area contributed by atoms with Crippen molar-refractivity contribution in [1.29, 1.82) is 0 Å². The minimum Gasteiger partial charge on any atom is -0.493 e. The fraction of sp³-hybridized carbons (Fsp3) is 0.409. The maximum Gasteiger partial charge on any atom is 0.254 e. The second kappa shape index (κ2) is 10.3. The van der Waals surface area contributed by atoms with E-state index in [1.807, 2.05) is 32.0 Å². The van der Waals surface area contributed by atoms with Crippen LogP contribution in [0.5, 0.6) is 11.5 Å². The molecule has 0 aliphatic carbocycles. The van der Waals surface area contributed by atoms with E-state index in [4.69, 9.17) is 9.47 Å². The van der Waals surface area contributed by atoms with Gasteiger partial charge in [-0.3, -0.25) is 4.79 Å². The zero-order valence-corrected chi connectivity index (χ0v) is 18.3. The first-order valence-corrected chi connectivity index (χ1v) is 11.6. The summed E-state index contributed by atoms with van der Waals surface area (Å²) in [6.07, 6.45) is 2.86. The Morgan fingerprint density at radius 1 is 1.00 bits per heavy atom. The summed E-state index contributed by atoms with van der Waals surface area (Å²) < 4.78 is 34.4. The molecule has 2 aromatic rings. The first-order chi connectivity index (χ1) is 13.8. The molecule has 2 aromatic carbocycles. The van der Waals surface area contributed by atoms with Crippen LogP contribution in [-0.2, 0) is 16.4 Å². The molecule has 7 heteroatoms. The molecule has 0 saturated carbocycles. The van der Waals surface area contributed by atoms with Gasteiger partial charge in [-0.05, 0) is 54.8 Å². The molecule has 0 aliphatic heterocycles. The van der Waals surface area contributed by atoms with Crippen LogP contribution in [0.1, 0.15) is 42.6 Å². The zero-order valence-electron chi connectivity index (χ0n) is 17.5. The lowest BCUT2D eigenvalue weighted by atomic mass is 10.1. The summed E-state index contributed by atoms with van der Waals surface area (Å²) in [6.45, 7) is 5.67. The van der Waals surface area contributed by atoms with Crippen molar-refractivity contribution < 1.29 is 22.7 Å². The number of rotatable bonds is 10. The Labute approximate surface area is 173 Å². The quantitative estimate of drug-likeness (QED) is 0.583. The lowest BCUT2D eigenvalue weighted by Gasteiger charge is -2.23. The van der Waals surface area contributed by atoms with Gasteiger partial charge < -0.3 is 14.4 Å². The molecule has 1 amide bonds. The number of amides is 1. The van der Waals surface area contributed by atoms with Gasteiger partial charge in [0.25, 0.3) is 5.91 Å². The number of carbonyl (C=O) groups excluding carboxylic acids is 1. The van der Waals surface area contributed by atoms with Crippen molar-refractivity contribution in [2.45, 2.75) is 38.1 Å². The second-order valence-electron chi connectivity index (χ2n) is 6.86. The first-order valence-electron chi connectivity index (χ1n) is 9.69. The molecule has 0 spiro atoms. The summed E-state index contributed by atoms with van der Waals surface area (Å²) in [5, 5.41) is 0. The van der Waals surface area contributed by atoms with Crippen LogP contribution in [0, 0.1) is 0 Å². The summed E-state index contributed by atoms with van der Waals surface area (Å²) in [5.41, 5.74) is 1.39. The molecule has 29 heavy (non-hydrogen) atoms. The van der Waals surface area contributed by atoms with Gasteiger partial charge in [0.05, 0.1) is 18.6 Å². The molecule has 0 atom stereocenters. The van der Waals surface area contributed by atoms with Crippen LogP contribution < -0.4 is 9.47 Å². The van der Waals surface area contributed by atoms with Crippen molar-refractivity contribution in [3.05, 3.63) is 53.6 Å². The number of benzene rings is 2. The average molecular weight is 420 g/mol. The third kappa shape index (κ3) is 6.22. The number of carbonyl (C=O) groups is 1. The highest BCUT2D eigenvalue weighted by atomic mass is 32.2. The normalized spacial score (nSPS) is 11.2. The number of sulfone groups is 1. The van der Waals surface area contributed by atoms with E-state index in [-0.39, 0.29) is 10.8 Å². The number of ether oxygens (including phenoxy) is 2. The van der Waals surface area contributed by atoms with Crippen molar-refractivity contribution >= 4 is 15.7 Å². The third-order valence-electron chi connectivity index (χ3n) is 4.37. The molecule has 0 fully saturated rings. The minimum atomic E-state index is -3.29. The van der Waals surface area contributed by atoms with Crippen molar-refractivity contribution in [3.8, 4) is 11.5 Å². The Hall–Kier alpha value is -2.54. The van der Waals surface area contributed by atoms with Crippen molar-refractivity contribution in [2.75, 3.05) is 26.5 Å². The van der Waals surface area contributed by atoms with E-state index in [1.54, 1.807) is 24.1 Å². The summed E-state index contributed by atoms with van der Waals surface area (Å²) in [4.78, 5) is 14.9. The Bertz CT molecular complexity index is 923. The number of hydrogen-bond donors (Lipinski definition) is 0. The highest BCUT2D eigenvalue weighted by molar-refractivity contribution is 7.90. The lowest BCUT2D eigenvalue weighted by Crippen LogP contribution is -2.31. The van der Waals surface area contributed by atoms with Crippen molar-refractivity contribution in [1.82, 2.24) is 4.90 Å². The van der Waals surface area contributed by atoms with Crippen LogP contribution in [0.2, 0.25) is 0 Å². The van der Waals surface area contributed by atoms with Gasteiger partial charge in [-0.15, -0.1) is 0 Å². The molecule has 0 bridgehead atoms. The standard InChI is InChI=1S/C22H29NO5S/c1-5-13-23(22(24)18-8-10-19(11-9-18)29(4,25)26)16-17-7-12-20(28-14-6-2)21(15-17)27-3/h7-12,15H,5-6,13-14,16H2,1-4H3. The molecule has 0 N–H and O–H groups in total. The Morgan fingerprint density at radius 2 is 1.69 bits per heavy atom. The summed E-state index contributed by atoms with van der Waals surface area (Å²) >= 11 is 0. The van der Waals surface area contributed by atoms with Gasteiger partial charge in [0, 0.05) is 24.9 Å². The van der Waals surface area contributed by atoms with Gasteiger partial charge >= 0.3 is 0 Å². The van der Waals surface area contributed by atoms with Crippen LogP contribution in [0.4, 0.5) is 0 Å². The fourth-order valence-corrected chi connectivity index (χ4v) is 3.54. The lowest BCUT2D eigenvalue weighted by molar-refractivity contribution is 0.0743. The Kier molecular flexibility index (Phi) is 8.08. The molecule has 6 nitrogen and oxygen atoms in total. The number of methoxy groups -OCH3 is 1. The van der Waals surface area contributed by atoms with Gasteiger partial charge in [0.1, 0.15) is 0 Å². The molecule has 0 aromatic heterocycles. The molecular weight excluding hydrogens is 390 g/mol. The van der Waals surface area contributed by atoms with Crippen molar-refractivity contribution in [2.24, 2.45) is 0 Å². The van der Waals surface area contributed by atoms with E-state index in [1.165, 1.54) is 12.1 Å². The van der Waals surface area contributed by atoms with E-state index < -0.39 is 9.84 Å². The first kappa shape index (κ1) is 22.7. The van der Waals surface area contributed by atoms with Crippen LogP contribution in [0.15, 0.2) is 47.4 Å². The Balaban J connectivity index is 2.22. The Morgan fingerprint density at radius 3 is 2.24 bits per heavy atom. The van der Waals surface area contributed by atoms with Crippen LogP contribution in [0.3, 0.4) is 0 Å². The third-order valence-corrected chi connectivity index (χ3v) is 5.50. The maximum atomic E-state index is 13.0. The second-order valence-corrected chi connectivity index (χ2v) is 8.87. The molecule has 0 aliphatic rings. The van der Waals surface area contributed by atoms with Crippen LogP contribution in [0.25, 0.3) is 0 Å². The molecule has 2 rings (SSSR count). The maximum absolute atomic E-state index is 13.0. The van der Waals surface area contributed by atoms with E-state index >= 15 is 0 Å². The van der Waals surface area contributed by atoms with E-state index in [2.05, 4.69) is 0 Å². The van der Waals surface area contributed by atoms with Crippen LogP contribution >= 0.6 is 0 Å². The van der Waals surface area contributed by atoms with Gasteiger partial charge in [0.15, 0.2) is 21.3 Å². The minimum absolute atomic E-state index is 0.142. The monoisotopic (exact) mass is 419 g/mol. The number of nitrogens with zero attached hydrogens (tertiary/aromatic N) is 1. The van der Waals surface area contributed by atoms with Gasteiger partial charge in [0.2, 0.25) is 0 Å². The SMILES string of the molecule is CCCOc1ccc(CN(CCC)C(=O)c2ccc(S(C)(=O)=O)cc2)cc1OC. The van der Waals surface area contributed by atoms with E-state index in [0.29, 0.717) is 36.8 Å². The van der Waals surface area contributed by atoms with Gasteiger partial charge in [-0.2, -0.15) is 0 Å². The molecular formula is C22H29NO5S. The smallest absolute Gasteiger partial charge is 0.254 e. The topological polar surface area (TPSA) is 72.9 Å². The molecule has 158 valence electrons. The van der Waals surface area contributed by atoms with E-state index in [0.717, 1.165) is 24.7 Å². The predicted molar refractivity (Wildman–Crippen MR) is 113 cm³/mol. The molecule has 0 radical (unpaired) electrons. The molecule has 0 saturated heterocycles. The molecule has 0 unspecified atom stereocenters.